The predicted octanol–water partition coefficient (Wildman–Crippen LogP) is 3.14. The number of rotatable bonds is 7. The van der Waals surface area contributed by atoms with Crippen molar-refractivity contribution in [3.05, 3.63) is 41.7 Å². The van der Waals surface area contributed by atoms with E-state index in [9.17, 15) is 9.59 Å². The lowest BCUT2D eigenvalue weighted by atomic mass is 10.1. The number of benzene rings is 1. The van der Waals surface area contributed by atoms with E-state index in [0.717, 1.165) is 24.3 Å². The van der Waals surface area contributed by atoms with Crippen molar-refractivity contribution in [1.82, 2.24) is 20.6 Å². The summed E-state index contributed by atoms with van der Waals surface area (Å²) < 4.78 is 12.9. The average molecular weight is 415 g/mol. The normalized spacial score (nSPS) is 14.7. The zero-order valence-electron chi connectivity index (χ0n) is 18.2. The Hall–Kier alpha value is -3.03. The van der Waals surface area contributed by atoms with Crippen LogP contribution in [0.1, 0.15) is 69.6 Å². The van der Waals surface area contributed by atoms with Crippen molar-refractivity contribution in [3.8, 4) is 11.5 Å². The summed E-state index contributed by atoms with van der Waals surface area (Å²) in [7, 11) is 0. The summed E-state index contributed by atoms with van der Waals surface area (Å²) in [5.41, 5.74) is 5.96. The molecule has 0 bridgehead atoms. The van der Waals surface area contributed by atoms with Crippen LogP contribution in [0.25, 0.3) is 0 Å². The number of carbonyl (C=O) groups excluding carboxylic acids is 2. The van der Waals surface area contributed by atoms with E-state index in [2.05, 4.69) is 36.7 Å². The van der Waals surface area contributed by atoms with Crippen molar-refractivity contribution in [2.45, 2.75) is 65.0 Å². The molecule has 0 aliphatic heterocycles. The molecule has 0 saturated heterocycles. The Morgan fingerprint density at radius 3 is 2.37 bits per heavy atom. The maximum atomic E-state index is 12.5. The molecule has 3 rings (SSSR count). The molecular weight excluding hydrogens is 384 g/mol. The number of carbonyl (C=O) groups is 2. The van der Waals surface area contributed by atoms with Gasteiger partial charge < -0.3 is 9.47 Å². The third kappa shape index (κ3) is 5.31. The molecule has 8 heteroatoms. The number of nitrogens with one attached hydrogen (secondary N) is 2. The summed E-state index contributed by atoms with van der Waals surface area (Å²) in [5.74, 6) is 0.798. The fourth-order valence-electron chi connectivity index (χ4n) is 3.04. The third-order valence-corrected chi connectivity index (χ3v) is 4.72. The number of ether oxygens (including phenoxy) is 2. The lowest BCUT2D eigenvalue weighted by Gasteiger charge is -2.22. The van der Waals surface area contributed by atoms with Crippen LogP contribution in [-0.4, -0.2) is 34.3 Å². The first-order chi connectivity index (χ1) is 14.2. The molecule has 1 aliphatic rings. The molecular formula is C22H30N4O4. The lowest BCUT2D eigenvalue weighted by Crippen LogP contribution is -2.47. The van der Waals surface area contributed by atoms with Crippen LogP contribution in [0.15, 0.2) is 30.3 Å². The van der Waals surface area contributed by atoms with Gasteiger partial charge in [0.2, 0.25) is 0 Å². The van der Waals surface area contributed by atoms with Crippen LogP contribution in [-0.2, 0) is 10.3 Å². The van der Waals surface area contributed by atoms with Gasteiger partial charge in [-0.25, -0.2) is 0 Å². The smallest absolute Gasteiger partial charge is 0.290 e. The Balaban J connectivity index is 1.55. The molecule has 2 N–H and O–H groups in total. The van der Waals surface area contributed by atoms with Gasteiger partial charge in [-0.3, -0.25) is 25.1 Å². The van der Waals surface area contributed by atoms with Gasteiger partial charge in [-0.2, -0.15) is 5.10 Å². The molecule has 1 fully saturated rings. The van der Waals surface area contributed by atoms with Gasteiger partial charge in [0.1, 0.15) is 11.5 Å². The number of aromatic nitrogens is 2. The van der Waals surface area contributed by atoms with E-state index in [1.165, 1.54) is 0 Å². The van der Waals surface area contributed by atoms with Gasteiger partial charge in [0, 0.05) is 11.6 Å². The number of hydrazine groups is 1. The molecule has 1 aromatic carbocycles. The molecule has 2 aromatic rings. The van der Waals surface area contributed by atoms with Crippen LogP contribution in [0.3, 0.4) is 0 Å². The van der Waals surface area contributed by atoms with Crippen LogP contribution in [0.2, 0.25) is 0 Å². The Bertz CT molecular complexity index is 895. The van der Waals surface area contributed by atoms with Crippen LogP contribution >= 0.6 is 0 Å². The van der Waals surface area contributed by atoms with E-state index in [-0.39, 0.29) is 11.2 Å². The highest BCUT2D eigenvalue weighted by molar-refractivity contribution is 5.94. The van der Waals surface area contributed by atoms with Crippen molar-refractivity contribution in [2.24, 2.45) is 0 Å². The molecule has 1 unspecified atom stereocenters. The van der Waals surface area contributed by atoms with Gasteiger partial charge in [0.15, 0.2) is 11.8 Å². The summed E-state index contributed by atoms with van der Waals surface area (Å²) in [6.07, 6.45) is 1.43. The molecule has 1 aromatic heterocycles. The maximum Gasteiger partial charge on any atom is 0.290 e. The van der Waals surface area contributed by atoms with Gasteiger partial charge in [0.05, 0.1) is 12.1 Å². The third-order valence-electron chi connectivity index (χ3n) is 4.72. The second-order valence-corrected chi connectivity index (χ2v) is 8.42. The highest BCUT2D eigenvalue weighted by Crippen LogP contribution is 2.41. The van der Waals surface area contributed by atoms with E-state index < -0.39 is 17.9 Å². The SMILES string of the molecule is CCOc1ccc(OC(C)C(=O)NNC(=O)c2cc(C3CC3)n(C(C)(C)C)n2)cc1. The van der Waals surface area contributed by atoms with Crippen molar-refractivity contribution >= 4 is 11.8 Å². The molecule has 0 radical (unpaired) electrons. The number of hydrogen-bond acceptors (Lipinski definition) is 5. The second kappa shape index (κ2) is 8.77. The zero-order valence-corrected chi connectivity index (χ0v) is 18.2. The Kier molecular flexibility index (Phi) is 6.34. The Labute approximate surface area is 176 Å². The van der Waals surface area contributed by atoms with Crippen LogP contribution in [0.5, 0.6) is 11.5 Å². The summed E-state index contributed by atoms with van der Waals surface area (Å²) in [5, 5.41) is 4.47. The topological polar surface area (TPSA) is 94.5 Å². The molecule has 0 spiro atoms. The van der Waals surface area contributed by atoms with Gasteiger partial charge in [-0.1, -0.05) is 0 Å². The summed E-state index contributed by atoms with van der Waals surface area (Å²) >= 11 is 0. The minimum Gasteiger partial charge on any atom is -0.494 e. The number of hydrogen-bond donors (Lipinski definition) is 2. The summed E-state index contributed by atoms with van der Waals surface area (Å²) in [6, 6.07) is 8.81. The first kappa shape index (κ1) is 21.7. The van der Waals surface area contributed by atoms with Gasteiger partial charge in [-0.15, -0.1) is 0 Å². The fraction of sp³-hybridized carbons (Fsp3) is 0.500. The summed E-state index contributed by atoms with van der Waals surface area (Å²) in [4.78, 5) is 24.8. The van der Waals surface area contributed by atoms with Crippen molar-refractivity contribution < 1.29 is 19.1 Å². The molecule has 1 heterocycles. The molecule has 8 nitrogen and oxygen atoms in total. The molecule has 1 saturated carbocycles. The second-order valence-electron chi connectivity index (χ2n) is 8.42. The molecule has 1 aliphatic carbocycles. The van der Waals surface area contributed by atoms with E-state index in [0.29, 0.717) is 18.3 Å². The van der Waals surface area contributed by atoms with Crippen LogP contribution in [0.4, 0.5) is 0 Å². The minimum absolute atomic E-state index is 0.222. The first-order valence-corrected chi connectivity index (χ1v) is 10.3. The maximum absolute atomic E-state index is 12.5. The highest BCUT2D eigenvalue weighted by atomic mass is 16.5. The van der Waals surface area contributed by atoms with Crippen LogP contribution < -0.4 is 20.3 Å². The monoisotopic (exact) mass is 414 g/mol. The lowest BCUT2D eigenvalue weighted by molar-refractivity contribution is -0.128. The van der Waals surface area contributed by atoms with Gasteiger partial charge in [-0.05, 0) is 77.8 Å². The van der Waals surface area contributed by atoms with E-state index in [1.54, 1.807) is 31.2 Å². The van der Waals surface area contributed by atoms with E-state index in [4.69, 9.17) is 9.47 Å². The highest BCUT2D eigenvalue weighted by Gasteiger charge is 2.32. The molecule has 2 amide bonds. The Morgan fingerprint density at radius 1 is 1.17 bits per heavy atom. The molecule has 30 heavy (non-hydrogen) atoms. The fourth-order valence-corrected chi connectivity index (χ4v) is 3.04. The van der Waals surface area contributed by atoms with Gasteiger partial charge in [0.25, 0.3) is 11.8 Å². The average Bonchev–Trinajstić information content (AvgIpc) is 3.44. The van der Waals surface area contributed by atoms with Gasteiger partial charge >= 0.3 is 0 Å². The van der Waals surface area contributed by atoms with Crippen molar-refractivity contribution in [3.63, 3.8) is 0 Å². The van der Waals surface area contributed by atoms with Crippen molar-refractivity contribution in [2.75, 3.05) is 6.61 Å². The standard InChI is InChI=1S/C22H30N4O4/c1-6-29-16-9-11-17(12-10-16)30-14(2)20(27)23-24-21(28)18-13-19(15-7-8-15)26(25-18)22(3,4)5/h9-15H,6-8H2,1-5H3,(H,23,27)(H,24,28). The molecule has 1 atom stereocenters. The zero-order chi connectivity index (χ0) is 21.9. The summed E-state index contributed by atoms with van der Waals surface area (Å²) in [6.45, 7) is 10.2. The largest absolute Gasteiger partial charge is 0.494 e. The minimum atomic E-state index is -0.794. The number of nitrogens with zero attached hydrogens (tertiary/aromatic N) is 2. The van der Waals surface area contributed by atoms with Crippen molar-refractivity contribution in [1.29, 1.82) is 0 Å². The predicted molar refractivity (Wildman–Crippen MR) is 113 cm³/mol. The van der Waals surface area contributed by atoms with E-state index >= 15 is 0 Å². The Morgan fingerprint density at radius 2 is 1.80 bits per heavy atom. The van der Waals surface area contributed by atoms with E-state index in [1.807, 2.05) is 17.7 Å². The quantitative estimate of drug-likeness (QED) is 0.679. The molecule has 162 valence electrons. The number of amides is 2. The van der Waals surface area contributed by atoms with Crippen LogP contribution in [0, 0.1) is 0 Å². The first-order valence-electron chi connectivity index (χ1n) is 10.3.